The third-order valence-corrected chi connectivity index (χ3v) is 3.10. The van der Waals surface area contributed by atoms with Crippen LogP contribution in [-0.4, -0.2) is 40.4 Å². The van der Waals surface area contributed by atoms with Gasteiger partial charge in [-0.15, -0.1) is 0 Å². The van der Waals surface area contributed by atoms with E-state index in [1.165, 1.54) is 4.90 Å². The van der Waals surface area contributed by atoms with Gasteiger partial charge in [-0.25, -0.2) is 4.39 Å². The minimum absolute atomic E-state index is 0.0317. The Balaban J connectivity index is 2.43. The lowest BCUT2D eigenvalue weighted by molar-refractivity contribution is -0.384. The van der Waals surface area contributed by atoms with Crippen LogP contribution in [0.3, 0.4) is 0 Å². The first-order chi connectivity index (χ1) is 8.40. The molecule has 1 aliphatic heterocycles. The van der Waals surface area contributed by atoms with Crippen LogP contribution in [0.2, 0.25) is 5.02 Å². The first-order valence-corrected chi connectivity index (χ1v) is 5.52. The third kappa shape index (κ3) is 2.24. The Morgan fingerprint density at radius 2 is 1.94 bits per heavy atom. The summed E-state index contributed by atoms with van der Waals surface area (Å²) in [5, 5.41) is 29.4. The molecular formula is C10H10ClFN2O4. The summed E-state index contributed by atoms with van der Waals surface area (Å²) in [4.78, 5) is 11.5. The molecule has 8 heteroatoms. The molecule has 0 aliphatic carbocycles. The summed E-state index contributed by atoms with van der Waals surface area (Å²) in [6, 6.07) is 1.86. The molecule has 0 bridgehead atoms. The highest BCUT2D eigenvalue weighted by molar-refractivity contribution is 6.31. The first kappa shape index (κ1) is 13.0. The molecule has 2 atom stereocenters. The van der Waals surface area contributed by atoms with Crippen molar-refractivity contribution in [1.29, 1.82) is 0 Å². The average molecular weight is 277 g/mol. The van der Waals surface area contributed by atoms with Crippen LogP contribution in [0.1, 0.15) is 0 Å². The van der Waals surface area contributed by atoms with E-state index < -0.39 is 28.6 Å². The Bertz CT molecular complexity index is 489. The fraction of sp³-hybridized carbons (Fsp3) is 0.400. The predicted octanol–water partition coefficient (Wildman–Crippen LogP) is 0.929. The van der Waals surface area contributed by atoms with Crippen molar-refractivity contribution >= 4 is 23.0 Å². The Labute approximate surface area is 106 Å². The Morgan fingerprint density at radius 1 is 1.39 bits per heavy atom. The molecule has 2 unspecified atom stereocenters. The maximum atomic E-state index is 13.2. The standard InChI is InChI=1S/C10H10ClFN2O4/c11-5-1-7(8(14(17)18)2-6(5)12)13-3-9(15)10(16)4-13/h1-2,9-10,15-16H,3-4H2. The second-order valence-electron chi connectivity index (χ2n) is 4.05. The van der Waals surface area contributed by atoms with Crippen LogP contribution in [0.15, 0.2) is 12.1 Å². The second kappa shape index (κ2) is 4.68. The van der Waals surface area contributed by atoms with E-state index >= 15 is 0 Å². The van der Waals surface area contributed by atoms with Crippen LogP contribution >= 0.6 is 11.6 Å². The van der Waals surface area contributed by atoms with Gasteiger partial charge >= 0.3 is 0 Å². The van der Waals surface area contributed by atoms with E-state index in [-0.39, 0.29) is 23.8 Å². The highest BCUT2D eigenvalue weighted by Gasteiger charge is 2.33. The normalized spacial score (nSPS) is 23.4. The van der Waals surface area contributed by atoms with Crippen LogP contribution in [0.5, 0.6) is 0 Å². The van der Waals surface area contributed by atoms with Crippen LogP contribution in [-0.2, 0) is 0 Å². The minimum Gasteiger partial charge on any atom is -0.389 e. The summed E-state index contributed by atoms with van der Waals surface area (Å²) >= 11 is 5.59. The van der Waals surface area contributed by atoms with Crippen molar-refractivity contribution in [2.45, 2.75) is 12.2 Å². The molecule has 0 aromatic heterocycles. The zero-order valence-corrected chi connectivity index (χ0v) is 9.84. The van der Waals surface area contributed by atoms with Crippen molar-refractivity contribution in [3.8, 4) is 0 Å². The number of nitrogens with zero attached hydrogens (tertiary/aromatic N) is 2. The summed E-state index contributed by atoms with van der Waals surface area (Å²) in [6.45, 7) is 0.0634. The molecule has 0 spiro atoms. The van der Waals surface area contributed by atoms with E-state index in [2.05, 4.69) is 0 Å². The molecule has 6 nitrogen and oxygen atoms in total. The number of rotatable bonds is 2. The number of hydrogen-bond donors (Lipinski definition) is 2. The summed E-state index contributed by atoms with van der Waals surface area (Å²) in [7, 11) is 0. The molecule has 1 aromatic carbocycles. The van der Waals surface area contributed by atoms with Gasteiger partial charge in [-0.1, -0.05) is 11.6 Å². The van der Waals surface area contributed by atoms with Gasteiger partial charge in [0.05, 0.1) is 28.2 Å². The van der Waals surface area contributed by atoms with E-state index in [9.17, 15) is 24.7 Å². The largest absolute Gasteiger partial charge is 0.389 e. The van der Waals surface area contributed by atoms with Crippen molar-refractivity contribution in [2.75, 3.05) is 18.0 Å². The predicted molar refractivity (Wildman–Crippen MR) is 62.3 cm³/mol. The number of hydrogen-bond acceptors (Lipinski definition) is 5. The highest BCUT2D eigenvalue weighted by atomic mass is 35.5. The zero-order valence-electron chi connectivity index (χ0n) is 9.08. The third-order valence-electron chi connectivity index (χ3n) is 2.81. The minimum atomic E-state index is -0.992. The Kier molecular flexibility index (Phi) is 3.38. The van der Waals surface area contributed by atoms with Crippen molar-refractivity contribution in [3.63, 3.8) is 0 Å². The average Bonchev–Trinajstić information content (AvgIpc) is 2.62. The van der Waals surface area contributed by atoms with E-state index in [1.54, 1.807) is 0 Å². The Hall–Kier alpha value is -1.44. The van der Waals surface area contributed by atoms with E-state index in [1.807, 2.05) is 0 Å². The number of aliphatic hydroxyl groups is 2. The number of benzene rings is 1. The van der Waals surface area contributed by atoms with Gasteiger partial charge in [-0.2, -0.15) is 0 Å². The molecule has 1 saturated heterocycles. The molecular weight excluding hydrogens is 267 g/mol. The summed E-state index contributed by atoms with van der Waals surface area (Å²) in [6.07, 6.45) is -1.98. The SMILES string of the molecule is O=[N+]([O-])c1cc(F)c(Cl)cc1N1CC(O)C(O)C1. The number of nitro benzene ring substituents is 1. The lowest BCUT2D eigenvalue weighted by atomic mass is 10.2. The topological polar surface area (TPSA) is 86.8 Å². The van der Waals surface area contributed by atoms with Crippen LogP contribution in [0.25, 0.3) is 0 Å². The second-order valence-corrected chi connectivity index (χ2v) is 4.46. The van der Waals surface area contributed by atoms with Gasteiger partial charge in [0.2, 0.25) is 0 Å². The molecule has 1 heterocycles. The molecule has 0 radical (unpaired) electrons. The van der Waals surface area contributed by atoms with Gasteiger partial charge in [-0.05, 0) is 6.07 Å². The molecule has 18 heavy (non-hydrogen) atoms. The number of anilines is 1. The molecule has 2 rings (SSSR count). The quantitative estimate of drug-likeness (QED) is 0.620. The molecule has 1 aromatic rings. The maximum absolute atomic E-state index is 13.2. The van der Waals surface area contributed by atoms with Crippen molar-refractivity contribution in [3.05, 3.63) is 33.1 Å². The summed E-state index contributed by atoms with van der Waals surface area (Å²) in [5.41, 5.74) is -0.361. The number of halogens is 2. The maximum Gasteiger partial charge on any atom is 0.295 e. The van der Waals surface area contributed by atoms with E-state index in [0.29, 0.717) is 0 Å². The fourth-order valence-corrected chi connectivity index (χ4v) is 2.05. The van der Waals surface area contributed by atoms with Crippen molar-refractivity contribution in [1.82, 2.24) is 0 Å². The van der Waals surface area contributed by atoms with E-state index in [0.717, 1.165) is 12.1 Å². The lowest BCUT2D eigenvalue weighted by Crippen LogP contribution is -2.22. The summed E-state index contributed by atoms with van der Waals surface area (Å²) in [5.74, 6) is -0.882. The molecule has 1 aliphatic rings. The smallest absolute Gasteiger partial charge is 0.295 e. The highest BCUT2D eigenvalue weighted by Crippen LogP contribution is 2.34. The molecule has 98 valence electrons. The number of nitro groups is 1. The lowest BCUT2D eigenvalue weighted by Gasteiger charge is -2.17. The molecule has 0 saturated carbocycles. The molecule has 1 fully saturated rings. The van der Waals surface area contributed by atoms with Gasteiger partial charge < -0.3 is 15.1 Å². The zero-order chi connectivity index (χ0) is 13.4. The van der Waals surface area contributed by atoms with E-state index in [4.69, 9.17) is 11.6 Å². The van der Waals surface area contributed by atoms with Gasteiger partial charge in [0, 0.05) is 13.1 Å². The van der Waals surface area contributed by atoms with Crippen LogP contribution in [0.4, 0.5) is 15.8 Å². The number of β-amino-alcohol motifs (C(OH)–C–C–N with tert-alkyl or cyclic N) is 2. The first-order valence-electron chi connectivity index (χ1n) is 5.14. The van der Waals surface area contributed by atoms with Crippen molar-refractivity contribution in [2.24, 2.45) is 0 Å². The summed E-state index contributed by atoms with van der Waals surface area (Å²) < 4.78 is 13.2. The number of aliphatic hydroxyl groups excluding tert-OH is 2. The monoisotopic (exact) mass is 276 g/mol. The van der Waals surface area contributed by atoms with Crippen LogP contribution in [0, 0.1) is 15.9 Å². The molecule has 0 amide bonds. The van der Waals surface area contributed by atoms with Gasteiger partial charge in [0.25, 0.3) is 5.69 Å². The molecule has 2 N–H and O–H groups in total. The van der Waals surface area contributed by atoms with Gasteiger partial charge in [0.1, 0.15) is 11.5 Å². The van der Waals surface area contributed by atoms with Crippen LogP contribution < -0.4 is 4.90 Å². The fourth-order valence-electron chi connectivity index (χ4n) is 1.89. The van der Waals surface area contributed by atoms with Crippen molar-refractivity contribution < 1.29 is 19.5 Å². The Morgan fingerprint density at radius 3 is 2.44 bits per heavy atom. The van der Waals surface area contributed by atoms with Gasteiger partial charge in [0.15, 0.2) is 0 Å². The van der Waals surface area contributed by atoms with Gasteiger partial charge in [-0.3, -0.25) is 10.1 Å².